The predicted molar refractivity (Wildman–Crippen MR) is 88.1 cm³/mol. The van der Waals surface area contributed by atoms with Gasteiger partial charge in [0.15, 0.2) is 11.0 Å². The first-order valence-electron chi connectivity index (χ1n) is 6.24. The Morgan fingerprint density at radius 3 is 2.62 bits per heavy atom. The van der Waals surface area contributed by atoms with Crippen LogP contribution < -0.4 is 14.9 Å². The van der Waals surface area contributed by atoms with Crippen molar-refractivity contribution in [1.29, 1.82) is 0 Å². The van der Waals surface area contributed by atoms with Crippen LogP contribution in [0.25, 0.3) is 0 Å². The number of carbonyl (C=O) groups is 2. The Kier molecular flexibility index (Phi) is 7.26. The minimum atomic E-state index is -4.37. The molecule has 3 N–H and O–H groups in total. The van der Waals surface area contributed by atoms with Crippen LogP contribution >= 0.6 is 27.5 Å². The molecule has 1 unspecified atom stereocenters. The summed E-state index contributed by atoms with van der Waals surface area (Å²) in [5.74, 6) is -1.10. The van der Waals surface area contributed by atoms with E-state index in [1.807, 2.05) is 4.72 Å². The van der Waals surface area contributed by atoms with Crippen LogP contribution in [0.3, 0.4) is 0 Å². The summed E-state index contributed by atoms with van der Waals surface area (Å²) in [7, 11) is -2.03. The average molecular weight is 449 g/mol. The topological polar surface area (TPSA) is 141 Å². The van der Waals surface area contributed by atoms with Crippen molar-refractivity contribution in [2.45, 2.75) is 11.8 Å². The number of aryl methyl sites for hydroxylation is 1. The molecule has 0 saturated heterocycles. The Labute approximate surface area is 151 Å². The van der Waals surface area contributed by atoms with Crippen molar-refractivity contribution in [1.82, 2.24) is 20.0 Å². The number of anilines is 1. The number of hydrogen-bond acceptors (Lipinski definition) is 7. The number of nitrogens with zero attached hydrogens (tertiary/aromatic N) is 2. The van der Waals surface area contributed by atoms with E-state index in [4.69, 9.17) is 16.4 Å². The summed E-state index contributed by atoms with van der Waals surface area (Å²) >= 11 is 9.06. The lowest BCUT2D eigenvalue weighted by Crippen LogP contribution is -2.36. The zero-order valence-electron chi connectivity index (χ0n) is 12.8. The van der Waals surface area contributed by atoms with Gasteiger partial charge in [0, 0.05) is 11.9 Å². The average Bonchev–Trinajstić information content (AvgIpc) is 2.71. The Balaban J connectivity index is 3.00. The lowest BCUT2D eigenvalue weighted by molar-refractivity contribution is 0.0333. The summed E-state index contributed by atoms with van der Waals surface area (Å²) in [6.45, 7) is 1.95. The zero-order chi connectivity index (χ0) is 18.5. The van der Waals surface area contributed by atoms with E-state index in [2.05, 4.69) is 31.2 Å². The standard InChI is InChI=1S/C10H15BrClN5O6S/c1-5(11)4-23-14-9(18)6-7(12)13-17(2)8(6)15-24(20,21)16-10(19)22-3/h5,15H,4H2,1-3H3,(H,14,18)(H,16,19). The number of aromatic nitrogens is 2. The van der Waals surface area contributed by atoms with Crippen molar-refractivity contribution in [2.75, 3.05) is 18.4 Å². The van der Waals surface area contributed by atoms with Crippen LogP contribution in [0.2, 0.25) is 5.15 Å². The summed E-state index contributed by atoms with van der Waals surface area (Å²) in [6.07, 6.45) is -1.21. The number of hydrogen-bond donors (Lipinski definition) is 3. The summed E-state index contributed by atoms with van der Waals surface area (Å²) in [5, 5.41) is 3.48. The molecular weight excluding hydrogens is 434 g/mol. The third kappa shape index (κ3) is 5.81. The number of alkyl halides is 1. The van der Waals surface area contributed by atoms with E-state index in [9.17, 15) is 18.0 Å². The molecule has 0 bridgehead atoms. The number of carbonyl (C=O) groups excluding carboxylic acids is 2. The second-order valence-electron chi connectivity index (χ2n) is 4.36. The molecule has 136 valence electrons. The number of hydroxylamine groups is 1. The van der Waals surface area contributed by atoms with Gasteiger partial charge < -0.3 is 4.74 Å². The van der Waals surface area contributed by atoms with Gasteiger partial charge in [-0.25, -0.2) is 24.4 Å². The molecule has 1 heterocycles. The van der Waals surface area contributed by atoms with Crippen molar-refractivity contribution in [3.63, 3.8) is 0 Å². The summed E-state index contributed by atoms with van der Waals surface area (Å²) in [6, 6.07) is 0. The molecule has 0 radical (unpaired) electrons. The highest BCUT2D eigenvalue weighted by Crippen LogP contribution is 2.24. The van der Waals surface area contributed by atoms with Crippen LogP contribution in [0.4, 0.5) is 10.6 Å². The van der Waals surface area contributed by atoms with E-state index in [0.717, 1.165) is 11.8 Å². The molecule has 0 spiro atoms. The molecule has 14 heteroatoms. The second-order valence-corrected chi connectivity index (χ2v) is 7.70. The van der Waals surface area contributed by atoms with Crippen LogP contribution in [0, 0.1) is 0 Å². The molecule has 0 aliphatic heterocycles. The van der Waals surface area contributed by atoms with Gasteiger partial charge in [-0.1, -0.05) is 34.5 Å². The summed E-state index contributed by atoms with van der Waals surface area (Å²) in [4.78, 5) is 28.0. The first-order chi connectivity index (χ1) is 11.1. The fourth-order valence-corrected chi connectivity index (χ4v) is 2.65. The molecule has 24 heavy (non-hydrogen) atoms. The molecule has 1 aromatic heterocycles. The van der Waals surface area contributed by atoms with Crippen LogP contribution in [-0.2, 0) is 26.8 Å². The van der Waals surface area contributed by atoms with Crippen LogP contribution in [-0.4, -0.2) is 48.7 Å². The maximum atomic E-state index is 12.1. The van der Waals surface area contributed by atoms with Gasteiger partial charge in [-0.05, 0) is 0 Å². The van der Waals surface area contributed by atoms with Crippen molar-refractivity contribution in [2.24, 2.45) is 7.05 Å². The Morgan fingerprint density at radius 2 is 2.08 bits per heavy atom. The number of ether oxygens (including phenoxy) is 1. The Hall–Kier alpha value is -1.57. The van der Waals surface area contributed by atoms with E-state index in [0.29, 0.717) is 0 Å². The van der Waals surface area contributed by atoms with Crippen LogP contribution in [0.5, 0.6) is 0 Å². The highest BCUT2D eigenvalue weighted by atomic mass is 79.9. The molecule has 1 aromatic rings. The monoisotopic (exact) mass is 447 g/mol. The van der Waals surface area contributed by atoms with E-state index >= 15 is 0 Å². The lowest BCUT2D eigenvalue weighted by Gasteiger charge is -2.11. The lowest BCUT2D eigenvalue weighted by atomic mass is 10.3. The van der Waals surface area contributed by atoms with Gasteiger partial charge in [0.05, 0.1) is 13.7 Å². The van der Waals surface area contributed by atoms with Gasteiger partial charge in [0.2, 0.25) is 0 Å². The molecular formula is C10H15BrClN5O6S. The SMILES string of the molecule is COC(=O)NS(=O)(=O)Nc1c(C(=O)NOCC(C)Br)c(Cl)nn1C. The largest absolute Gasteiger partial charge is 0.452 e. The maximum Gasteiger partial charge on any atom is 0.422 e. The van der Waals surface area contributed by atoms with Gasteiger partial charge in [-0.15, -0.1) is 0 Å². The molecule has 2 amide bonds. The van der Waals surface area contributed by atoms with Crippen molar-refractivity contribution < 1.29 is 27.6 Å². The molecule has 0 saturated carbocycles. The smallest absolute Gasteiger partial charge is 0.422 e. The minimum absolute atomic E-state index is 0.0237. The van der Waals surface area contributed by atoms with E-state index in [1.165, 1.54) is 7.05 Å². The van der Waals surface area contributed by atoms with Crippen LogP contribution in [0.15, 0.2) is 0 Å². The summed E-state index contributed by atoms with van der Waals surface area (Å²) < 4.78 is 32.4. The first-order valence-corrected chi connectivity index (χ1v) is 9.02. The van der Waals surface area contributed by atoms with E-state index < -0.39 is 22.2 Å². The number of rotatable bonds is 7. The van der Waals surface area contributed by atoms with Crippen molar-refractivity contribution in [3.05, 3.63) is 10.7 Å². The summed E-state index contributed by atoms with van der Waals surface area (Å²) in [5.41, 5.74) is 1.83. The first kappa shape index (κ1) is 20.5. The van der Waals surface area contributed by atoms with Gasteiger partial charge in [0.25, 0.3) is 5.91 Å². The number of methoxy groups -OCH3 is 1. The predicted octanol–water partition coefficient (Wildman–Crippen LogP) is 0.531. The Morgan fingerprint density at radius 1 is 1.46 bits per heavy atom. The maximum absolute atomic E-state index is 12.1. The zero-order valence-corrected chi connectivity index (χ0v) is 16.0. The van der Waals surface area contributed by atoms with Crippen LogP contribution in [0.1, 0.15) is 17.3 Å². The highest BCUT2D eigenvalue weighted by Gasteiger charge is 2.26. The highest BCUT2D eigenvalue weighted by molar-refractivity contribution is 9.09. The Bertz CT molecular complexity index is 722. The van der Waals surface area contributed by atoms with Gasteiger partial charge in [-0.2, -0.15) is 13.5 Å². The van der Waals surface area contributed by atoms with Gasteiger partial charge >= 0.3 is 16.3 Å². The minimum Gasteiger partial charge on any atom is -0.452 e. The molecule has 0 aliphatic rings. The second kappa shape index (κ2) is 8.50. The number of amides is 2. The molecule has 0 fully saturated rings. The quantitative estimate of drug-likeness (QED) is 0.408. The van der Waals surface area contributed by atoms with Crippen molar-refractivity contribution >= 4 is 55.6 Å². The fourth-order valence-electron chi connectivity index (χ4n) is 1.39. The van der Waals surface area contributed by atoms with E-state index in [-0.39, 0.29) is 28.0 Å². The molecule has 1 atom stereocenters. The van der Waals surface area contributed by atoms with Gasteiger partial charge in [-0.3, -0.25) is 9.63 Å². The molecule has 0 aromatic carbocycles. The molecule has 0 aliphatic carbocycles. The van der Waals surface area contributed by atoms with Gasteiger partial charge in [0.1, 0.15) is 5.56 Å². The normalized spacial score (nSPS) is 12.4. The third-order valence-electron chi connectivity index (χ3n) is 2.34. The van der Waals surface area contributed by atoms with E-state index in [1.54, 1.807) is 11.6 Å². The number of halogens is 2. The number of nitrogens with one attached hydrogen (secondary N) is 3. The fraction of sp³-hybridized carbons (Fsp3) is 0.500. The molecule has 1 rings (SSSR count). The molecule has 11 nitrogen and oxygen atoms in total. The third-order valence-corrected chi connectivity index (χ3v) is 3.77. The van der Waals surface area contributed by atoms with Crippen molar-refractivity contribution in [3.8, 4) is 0 Å².